The zero-order valence-corrected chi connectivity index (χ0v) is 17.5. The SMILES string of the molecule is O=c1[nH]c(=S)[nH]c([C@H]2CC[C@H](c3ccccc3)CC2)c1Cc1ccc(F)c(Cl)c1. The van der Waals surface area contributed by atoms with E-state index in [-0.39, 0.29) is 16.5 Å². The predicted octanol–water partition coefficient (Wildman–Crippen LogP) is 6.26. The van der Waals surface area contributed by atoms with Crippen LogP contribution in [0.25, 0.3) is 0 Å². The molecule has 3 aromatic rings. The molecule has 4 rings (SSSR count). The van der Waals surface area contributed by atoms with Gasteiger partial charge in [-0.1, -0.05) is 48.0 Å². The number of aromatic amines is 2. The first-order chi connectivity index (χ1) is 14.0. The predicted molar refractivity (Wildman–Crippen MR) is 117 cm³/mol. The molecule has 1 aliphatic rings. The lowest BCUT2D eigenvalue weighted by Crippen LogP contribution is -2.22. The van der Waals surface area contributed by atoms with E-state index in [9.17, 15) is 9.18 Å². The molecule has 1 aromatic heterocycles. The zero-order chi connectivity index (χ0) is 20.4. The van der Waals surface area contributed by atoms with E-state index in [0.717, 1.165) is 36.9 Å². The summed E-state index contributed by atoms with van der Waals surface area (Å²) in [4.78, 5) is 18.6. The van der Waals surface area contributed by atoms with Crippen LogP contribution in [0.2, 0.25) is 5.02 Å². The average molecular weight is 429 g/mol. The third kappa shape index (κ3) is 4.51. The Labute approximate surface area is 179 Å². The second-order valence-corrected chi connectivity index (χ2v) is 8.50. The van der Waals surface area contributed by atoms with Crippen LogP contribution in [0, 0.1) is 10.6 Å². The van der Waals surface area contributed by atoms with Crippen molar-refractivity contribution in [3.63, 3.8) is 0 Å². The molecule has 1 heterocycles. The van der Waals surface area contributed by atoms with E-state index >= 15 is 0 Å². The van der Waals surface area contributed by atoms with Gasteiger partial charge in [0, 0.05) is 17.7 Å². The van der Waals surface area contributed by atoms with Crippen LogP contribution >= 0.6 is 23.8 Å². The number of halogens is 2. The minimum absolute atomic E-state index is 0.0627. The quantitative estimate of drug-likeness (QED) is 0.482. The van der Waals surface area contributed by atoms with Gasteiger partial charge in [0.25, 0.3) is 5.56 Å². The molecule has 150 valence electrons. The number of benzene rings is 2. The van der Waals surface area contributed by atoms with Crippen molar-refractivity contribution in [2.75, 3.05) is 0 Å². The molecule has 0 amide bonds. The monoisotopic (exact) mass is 428 g/mol. The highest BCUT2D eigenvalue weighted by Crippen LogP contribution is 2.40. The topological polar surface area (TPSA) is 48.6 Å². The van der Waals surface area contributed by atoms with Gasteiger partial charge in [-0.2, -0.15) is 0 Å². The summed E-state index contributed by atoms with van der Waals surface area (Å²) in [5.41, 5.74) is 3.56. The lowest BCUT2D eigenvalue weighted by atomic mass is 9.76. The highest BCUT2D eigenvalue weighted by atomic mass is 35.5. The molecule has 2 N–H and O–H groups in total. The summed E-state index contributed by atoms with van der Waals surface area (Å²) in [6.45, 7) is 0. The molecule has 0 spiro atoms. The molecule has 29 heavy (non-hydrogen) atoms. The summed E-state index contributed by atoms with van der Waals surface area (Å²) in [5.74, 6) is 0.345. The average Bonchev–Trinajstić information content (AvgIpc) is 2.73. The first-order valence-corrected chi connectivity index (χ1v) is 10.6. The Kier molecular flexibility index (Phi) is 5.97. The summed E-state index contributed by atoms with van der Waals surface area (Å²) >= 11 is 11.2. The summed E-state index contributed by atoms with van der Waals surface area (Å²) in [6, 6.07) is 15.2. The van der Waals surface area contributed by atoms with E-state index in [4.69, 9.17) is 23.8 Å². The van der Waals surface area contributed by atoms with Crippen LogP contribution in [-0.4, -0.2) is 9.97 Å². The minimum atomic E-state index is -0.462. The Morgan fingerprint density at radius 1 is 1.00 bits per heavy atom. The molecule has 1 saturated carbocycles. The molecule has 0 saturated heterocycles. The van der Waals surface area contributed by atoms with Gasteiger partial charge in [0.2, 0.25) is 0 Å². The summed E-state index contributed by atoms with van der Waals surface area (Å²) in [6.07, 6.45) is 4.51. The van der Waals surface area contributed by atoms with Crippen LogP contribution in [0.15, 0.2) is 53.3 Å². The molecule has 0 radical (unpaired) electrons. The van der Waals surface area contributed by atoms with Gasteiger partial charge in [0.1, 0.15) is 5.82 Å². The highest BCUT2D eigenvalue weighted by molar-refractivity contribution is 7.71. The molecule has 0 aliphatic heterocycles. The van der Waals surface area contributed by atoms with Crippen molar-refractivity contribution < 1.29 is 4.39 Å². The number of nitrogens with one attached hydrogen (secondary N) is 2. The van der Waals surface area contributed by atoms with Crippen LogP contribution in [-0.2, 0) is 6.42 Å². The molecule has 0 bridgehead atoms. The van der Waals surface area contributed by atoms with Crippen molar-refractivity contribution in [3.8, 4) is 0 Å². The van der Waals surface area contributed by atoms with E-state index in [1.807, 2.05) is 6.07 Å². The van der Waals surface area contributed by atoms with E-state index in [1.165, 1.54) is 11.6 Å². The maximum absolute atomic E-state index is 13.5. The standard InChI is InChI=1S/C23H22ClFN2OS/c24-19-13-14(6-11-20(19)25)12-18-21(26-23(29)27-22(18)28)17-9-7-16(8-10-17)15-4-2-1-3-5-15/h1-6,11,13,16-17H,7-10,12H2,(H2,26,27,28,29)/t16-,17-. The minimum Gasteiger partial charge on any atom is -0.335 e. The largest absolute Gasteiger partial charge is 0.335 e. The van der Waals surface area contributed by atoms with Gasteiger partial charge in [-0.25, -0.2) is 4.39 Å². The van der Waals surface area contributed by atoms with Crippen LogP contribution in [0.5, 0.6) is 0 Å². The number of rotatable bonds is 4. The molecular formula is C23H22ClFN2OS. The van der Waals surface area contributed by atoms with Crippen molar-refractivity contribution >= 4 is 23.8 Å². The van der Waals surface area contributed by atoms with Gasteiger partial charge in [-0.15, -0.1) is 0 Å². The van der Waals surface area contributed by atoms with Crippen molar-refractivity contribution in [3.05, 3.63) is 96.9 Å². The summed E-state index contributed by atoms with van der Waals surface area (Å²) in [7, 11) is 0. The van der Waals surface area contributed by atoms with Crippen molar-refractivity contribution in [1.82, 2.24) is 9.97 Å². The second kappa shape index (κ2) is 8.64. The number of aromatic nitrogens is 2. The van der Waals surface area contributed by atoms with Crippen molar-refractivity contribution in [1.29, 1.82) is 0 Å². The fraction of sp³-hybridized carbons (Fsp3) is 0.304. The van der Waals surface area contributed by atoms with E-state index < -0.39 is 5.82 Å². The Hall–Kier alpha value is -2.24. The highest BCUT2D eigenvalue weighted by Gasteiger charge is 2.26. The molecule has 0 unspecified atom stereocenters. The lowest BCUT2D eigenvalue weighted by molar-refractivity contribution is 0.389. The second-order valence-electron chi connectivity index (χ2n) is 7.68. The Morgan fingerprint density at radius 3 is 2.38 bits per heavy atom. The van der Waals surface area contributed by atoms with Gasteiger partial charge in [-0.3, -0.25) is 9.78 Å². The third-order valence-corrected chi connectivity index (χ3v) is 6.34. The van der Waals surface area contributed by atoms with Gasteiger partial charge >= 0.3 is 0 Å². The number of hydrogen-bond donors (Lipinski definition) is 2. The zero-order valence-electron chi connectivity index (χ0n) is 15.9. The van der Waals surface area contributed by atoms with Crippen LogP contribution in [0.4, 0.5) is 4.39 Å². The first-order valence-electron chi connectivity index (χ1n) is 9.85. The van der Waals surface area contributed by atoms with E-state index in [2.05, 4.69) is 34.2 Å². The molecule has 3 nitrogen and oxygen atoms in total. The Bertz CT molecular complexity index is 1120. The van der Waals surface area contributed by atoms with Crippen LogP contribution < -0.4 is 5.56 Å². The van der Waals surface area contributed by atoms with Gasteiger partial charge in [0.15, 0.2) is 4.77 Å². The van der Waals surface area contributed by atoms with Gasteiger partial charge < -0.3 is 4.98 Å². The molecule has 1 aliphatic carbocycles. The molecule has 0 atom stereocenters. The van der Waals surface area contributed by atoms with E-state index in [0.29, 0.717) is 22.7 Å². The van der Waals surface area contributed by atoms with Gasteiger partial charge in [-0.05, 0) is 73.0 Å². The van der Waals surface area contributed by atoms with Crippen molar-refractivity contribution in [2.45, 2.75) is 43.9 Å². The number of hydrogen-bond acceptors (Lipinski definition) is 2. The maximum Gasteiger partial charge on any atom is 0.255 e. The lowest BCUT2D eigenvalue weighted by Gasteiger charge is -2.29. The third-order valence-electron chi connectivity index (χ3n) is 5.85. The van der Waals surface area contributed by atoms with Crippen LogP contribution in [0.1, 0.15) is 59.9 Å². The molecule has 6 heteroatoms. The Morgan fingerprint density at radius 2 is 1.69 bits per heavy atom. The normalized spacial score (nSPS) is 19.2. The Balaban J connectivity index is 1.60. The first kappa shape index (κ1) is 20.0. The fourth-order valence-corrected chi connectivity index (χ4v) is 4.75. The van der Waals surface area contributed by atoms with Crippen molar-refractivity contribution in [2.24, 2.45) is 0 Å². The maximum atomic E-state index is 13.5. The fourth-order valence-electron chi connectivity index (χ4n) is 4.35. The number of H-pyrrole nitrogens is 2. The van der Waals surface area contributed by atoms with Gasteiger partial charge in [0.05, 0.1) is 5.02 Å². The molecule has 2 aromatic carbocycles. The summed E-state index contributed by atoms with van der Waals surface area (Å²) < 4.78 is 13.8. The molecule has 1 fully saturated rings. The smallest absolute Gasteiger partial charge is 0.255 e. The van der Waals surface area contributed by atoms with E-state index in [1.54, 1.807) is 12.1 Å². The van der Waals surface area contributed by atoms with Crippen LogP contribution in [0.3, 0.4) is 0 Å². The molecular weight excluding hydrogens is 407 g/mol. The summed E-state index contributed by atoms with van der Waals surface area (Å²) in [5, 5.41) is 0.0627.